The predicted octanol–water partition coefficient (Wildman–Crippen LogP) is 6.32. The molecule has 10 heteroatoms. The van der Waals surface area contributed by atoms with Gasteiger partial charge in [0.2, 0.25) is 0 Å². The van der Waals surface area contributed by atoms with Gasteiger partial charge in [0.1, 0.15) is 30.4 Å². The molecule has 10 nitrogen and oxygen atoms in total. The van der Waals surface area contributed by atoms with Gasteiger partial charge >= 0.3 is 23.7 Å². The van der Waals surface area contributed by atoms with E-state index in [1.54, 1.807) is 26.8 Å². The molecule has 0 aliphatic heterocycles. The highest BCUT2D eigenvalue weighted by molar-refractivity contribution is 5.87. The molecule has 0 saturated heterocycles. The number of carbonyl (C=O) groups excluding carboxylic acids is 3. The van der Waals surface area contributed by atoms with Crippen LogP contribution < -0.4 is 15.8 Å². The van der Waals surface area contributed by atoms with Gasteiger partial charge in [-0.05, 0) is 69.0 Å². The van der Waals surface area contributed by atoms with Crippen molar-refractivity contribution in [3.63, 3.8) is 0 Å². The van der Waals surface area contributed by atoms with Crippen molar-refractivity contribution in [2.75, 3.05) is 24.6 Å². The van der Waals surface area contributed by atoms with Crippen LogP contribution in [0.4, 0.5) is 10.5 Å². The zero-order valence-electron chi connectivity index (χ0n) is 27.3. The van der Waals surface area contributed by atoms with Gasteiger partial charge in [-0.25, -0.2) is 14.4 Å². The summed E-state index contributed by atoms with van der Waals surface area (Å²) in [6.45, 7) is 10.5. The molecule has 5 rings (SSSR count). The molecule has 246 valence electrons. The molecule has 1 N–H and O–H groups in total. The SMILES string of the molecule is CCN(CC)c1ccc2c(COC(=O)CC(NC(=O)OCC3c4ccccc4-c4ccccc43)C(=O)OC(C)(C)C)cc(=O)oc2c1. The van der Waals surface area contributed by atoms with E-state index in [0.717, 1.165) is 41.0 Å². The van der Waals surface area contributed by atoms with Crippen LogP contribution in [-0.4, -0.2) is 49.4 Å². The van der Waals surface area contributed by atoms with E-state index in [1.165, 1.54) is 6.07 Å². The number of ether oxygens (including phenoxy) is 3. The van der Waals surface area contributed by atoms with Crippen LogP contribution in [0.3, 0.4) is 0 Å². The van der Waals surface area contributed by atoms with E-state index in [9.17, 15) is 19.2 Å². The first-order chi connectivity index (χ1) is 22.5. The minimum absolute atomic E-state index is 0.0327. The van der Waals surface area contributed by atoms with Crippen molar-refractivity contribution in [1.29, 1.82) is 0 Å². The van der Waals surface area contributed by atoms with Crippen LogP contribution in [0.1, 0.15) is 63.6 Å². The van der Waals surface area contributed by atoms with Crippen molar-refractivity contribution < 1.29 is 33.0 Å². The molecule has 0 radical (unpaired) electrons. The number of esters is 2. The van der Waals surface area contributed by atoms with Crippen LogP contribution in [0.2, 0.25) is 0 Å². The highest BCUT2D eigenvalue weighted by atomic mass is 16.6. The number of amides is 1. The molecule has 0 saturated carbocycles. The van der Waals surface area contributed by atoms with Gasteiger partial charge < -0.3 is 28.8 Å². The smallest absolute Gasteiger partial charge is 0.407 e. The zero-order chi connectivity index (χ0) is 33.7. The lowest BCUT2D eigenvalue weighted by Crippen LogP contribution is -2.46. The van der Waals surface area contributed by atoms with Crippen molar-refractivity contribution in [3.05, 3.63) is 99.9 Å². The van der Waals surface area contributed by atoms with Gasteiger partial charge in [-0.15, -0.1) is 0 Å². The van der Waals surface area contributed by atoms with Crippen molar-refractivity contribution in [2.45, 2.75) is 65.2 Å². The lowest BCUT2D eigenvalue weighted by molar-refractivity contribution is -0.161. The first-order valence-corrected chi connectivity index (χ1v) is 15.8. The summed E-state index contributed by atoms with van der Waals surface area (Å²) in [6.07, 6.45) is -1.38. The van der Waals surface area contributed by atoms with E-state index in [4.69, 9.17) is 18.6 Å². The summed E-state index contributed by atoms with van der Waals surface area (Å²) in [4.78, 5) is 53.6. The maximum absolute atomic E-state index is 13.1. The fourth-order valence-corrected chi connectivity index (χ4v) is 5.86. The number of fused-ring (bicyclic) bond motifs is 4. The molecule has 47 heavy (non-hydrogen) atoms. The first kappa shape index (κ1) is 33.2. The van der Waals surface area contributed by atoms with Crippen LogP contribution in [0.25, 0.3) is 22.1 Å². The lowest BCUT2D eigenvalue weighted by Gasteiger charge is -2.24. The van der Waals surface area contributed by atoms with Crippen LogP contribution in [0.15, 0.2) is 82.0 Å². The molecule has 4 aromatic rings. The average Bonchev–Trinajstić information content (AvgIpc) is 3.35. The second-order valence-corrected chi connectivity index (χ2v) is 12.4. The number of hydrogen-bond donors (Lipinski definition) is 1. The van der Waals surface area contributed by atoms with Gasteiger partial charge in [-0.1, -0.05) is 48.5 Å². The van der Waals surface area contributed by atoms with E-state index in [-0.39, 0.29) is 19.1 Å². The molecular weight excluding hydrogens is 600 g/mol. The summed E-state index contributed by atoms with van der Waals surface area (Å²) in [6, 6.07) is 21.3. The molecule has 1 aliphatic carbocycles. The Hall–Kier alpha value is -5.12. The van der Waals surface area contributed by atoms with Gasteiger partial charge in [0.25, 0.3) is 0 Å². The summed E-state index contributed by atoms with van der Waals surface area (Å²) in [5, 5.41) is 3.12. The number of alkyl carbamates (subject to hydrolysis) is 1. The molecular formula is C37H40N2O8. The van der Waals surface area contributed by atoms with Crippen molar-refractivity contribution >= 4 is 34.7 Å². The third-order valence-electron chi connectivity index (χ3n) is 8.03. The maximum Gasteiger partial charge on any atom is 0.407 e. The van der Waals surface area contributed by atoms with Crippen LogP contribution in [-0.2, 0) is 30.4 Å². The number of carbonyl (C=O) groups is 3. The zero-order valence-corrected chi connectivity index (χ0v) is 27.3. The molecule has 0 spiro atoms. The molecule has 1 aliphatic rings. The second-order valence-electron chi connectivity index (χ2n) is 12.4. The highest BCUT2D eigenvalue weighted by Crippen LogP contribution is 2.44. The van der Waals surface area contributed by atoms with Crippen LogP contribution in [0, 0.1) is 0 Å². The van der Waals surface area contributed by atoms with Crippen LogP contribution >= 0.6 is 0 Å². The molecule has 0 bridgehead atoms. The number of nitrogens with zero attached hydrogens (tertiary/aromatic N) is 1. The molecule has 1 atom stereocenters. The molecule has 3 aromatic carbocycles. The van der Waals surface area contributed by atoms with Gasteiger partial charge in [-0.2, -0.15) is 0 Å². The second kappa shape index (κ2) is 14.1. The molecule has 1 unspecified atom stereocenters. The van der Waals surface area contributed by atoms with E-state index < -0.39 is 41.7 Å². The van der Waals surface area contributed by atoms with Gasteiger partial charge in [0.15, 0.2) is 0 Å². The number of nitrogens with one attached hydrogen (secondary N) is 1. The predicted molar refractivity (Wildman–Crippen MR) is 178 cm³/mol. The minimum Gasteiger partial charge on any atom is -0.461 e. The minimum atomic E-state index is -1.37. The first-order valence-electron chi connectivity index (χ1n) is 15.8. The van der Waals surface area contributed by atoms with Gasteiger partial charge in [0, 0.05) is 47.8 Å². The Kier molecular flexibility index (Phi) is 9.98. The Morgan fingerprint density at radius 2 is 1.53 bits per heavy atom. The fourth-order valence-electron chi connectivity index (χ4n) is 5.86. The Labute approximate surface area is 273 Å². The monoisotopic (exact) mass is 640 g/mol. The van der Waals surface area contributed by atoms with Crippen molar-refractivity contribution in [2.24, 2.45) is 0 Å². The number of rotatable bonds is 11. The summed E-state index contributed by atoms with van der Waals surface area (Å²) >= 11 is 0. The maximum atomic E-state index is 13.1. The number of anilines is 1. The molecule has 1 heterocycles. The largest absolute Gasteiger partial charge is 0.461 e. The van der Waals surface area contributed by atoms with E-state index >= 15 is 0 Å². The Morgan fingerprint density at radius 1 is 0.894 bits per heavy atom. The van der Waals surface area contributed by atoms with E-state index in [1.807, 2.05) is 74.5 Å². The average molecular weight is 641 g/mol. The van der Waals surface area contributed by atoms with E-state index in [2.05, 4.69) is 10.2 Å². The molecule has 1 amide bonds. The van der Waals surface area contributed by atoms with Crippen molar-refractivity contribution in [3.8, 4) is 11.1 Å². The molecule has 1 aromatic heterocycles. The molecule has 0 fully saturated rings. The normalized spacial score (nSPS) is 13.0. The lowest BCUT2D eigenvalue weighted by atomic mass is 9.98. The fraction of sp³-hybridized carbons (Fsp3) is 0.351. The highest BCUT2D eigenvalue weighted by Gasteiger charge is 2.32. The number of hydrogen-bond acceptors (Lipinski definition) is 9. The summed E-state index contributed by atoms with van der Waals surface area (Å²) < 4.78 is 22.0. The van der Waals surface area contributed by atoms with Gasteiger partial charge in [0.05, 0.1) is 6.42 Å². The summed E-state index contributed by atoms with van der Waals surface area (Å²) in [5.74, 6) is -1.77. The van der Waals surface area contributed by atoms with Crippen molar-refractivity contribution in [1.82, 2.24) is 5.32 Å². The summed E-state index contributed by atoms with van der Waals surface area (Å²) in [5.41, 5.74) is 4.53. The number of benzene rings is 3. The Balaban J connectivity index is 1.26. The standard InChI is InChI=1S/C37H40N2O8/c1-6-39(7-2)24-16-17-25-23(18-34(41)46-32(25)19-24)21-44-33(40)20-31(35(42)47-37(3,4)5)38-36(43)45-22-30-28-14-10-8-12-26(28)27-13-9-11-15-29(27)30/h8-19,30-31H,6-7,20-22H2,1-5H3,(H,38,43). The van der Waals surface area contributed by atoms with E-state index in [0.29, 0.717) is 16.5 Å². The van der Waals surface area contributed by atoms with Gasteiger partial charge in [-0.3, -0.25) is 4.79 Å². The third kappa shape index (κ3) is 7.82. The Morgan fingerprint density at radius 3 is 2.15 bits per heavy atom. The summed E-state index contributed by atoms with van der Waals surface area (Å²) in [7, 11) is 0. The quantitative estimate of drug-likeness (QED) is 0.114. The third-order valence-corrected chi connectivity index (χ3v) is 8.03. The Bertz CT molecular complexity index is 1790. The van der Waals surface area contributed by atoms with Crippen LogP contribution in [0.5, 0.6) is 0 Å². The topological polar surface area (TPSA) is 124 Å².